The molecule has 0 aliphatic rings. The lowest BCUT2D eigenvalue weighted by Crippen LogP contribution is -2.31. The first kappa shape index (κ1) is 16.3. The van der Waals surface area contributed by atoms with Gasteiger partial charge in [0.1, 0.15) is 0 Å². The summed E-state index contributed by atoms with van der Waals surface area (Å²) < 4.78 is 0. The fraction of sp³-hybridized carbons (Fsp3) is 0.750. The second-order valence-corrected chi connectivity index (χ2v) is 5.86. The lowest BCUT2D eigenvalue weighted by atomic mass is 9.73. The van der Waals surface area contributed by atoms with Crippen LogP contribution in [0.2, 0.25) is 0 Å². The summed E-state index contributed by atoms with van der Waals surface area (Å²) in [6.45, 7) is 20.4. The third kappa shape index (κ3) is 5.95. The number of hydrogen-bond donors (Lipinski definition) is 1. The van der Waals surface area contributed by atoms with Gasteiger partial charge in [-0.2, -0.15) is 0 Å². The van der Waals surface area contributed by atoms with Gasteiger partial charge in [0.2, 0.25) is 0 Å². The molecule has 0 aromatic rings. The fourth-order valence-electron chi connectivity index (χ4n) is 2.65. The zero-order chi connectivity index (χ0) is 13.5. The van der Waals surface area contributed by atoms with Crippen LogP contribution in [0.4, 0.5) is 0 Å². The van der Waals surface area contributed by atoms with Crippen LogP contribution in [0.1, 0.15) is 60.3 Å². The van der Waals surface area contributed by atoms with Crippen molar-refractivity contribution in [2.45, 2.75) is 60.3 Å². The van der Waals surface area contributed by atoms with Crippen molar-refractivity contribution in [1.29, 1.82) is 0 Å². The average Bonchev–Trinajstić information content (AvgIpc) is 2.17. The lowest BCUT2D eigenvalue weighted by molar-refractivity contribution is 0.211. The van der Waals surface area contributed by atoms with Gasteiger partial charge in [-0.15, -0.1) is 6.58 Å². The van der Waals surface area contributed by atoms with Gasteiger partial charge < -0.3 is 5.32 Å². The molecule has 1 atom stereocenters. The minimum atomic E-state index is 0.344. The molecule has 0 bridgehead atoms. The standard InChI is InChI=1S/C16H31N/c1-8-11-16(6,7)15(9-2)14(5)17-12-10-13(3)4/h15,17H,3,5,8-12H2,1-2,4,6-7H3/t15-/m0/s1. The van der Waals surface area contributed by atoms with E-state index in [4.69, 9.17) is 0 Å². The zero-order valence-corrected chi connectivity index (χ0v) is 12.5. The Kier molecular flexibility index (Phi) is 7.26. The predicted molar refractivity (Wildman–Crippen MR) is 79.0 cm³/mol. The van der Waals surface area contributed by atoms with E-state index < -0.39 is 0 Å². The van der Waals surface area contributed by atoms with E-state index in [2.05, 4.69) is 53.1 Å². The Labute approximate surface area is 108 Å². The Morgan fingerprint density at radius 1 is 1.24 bits per heavy atom. The normalized spacial score (nSPS) is 13.2. The molecule has 0 amide bonds. The third-order valence-corrected chi connectivity index (χ3v) is 3.57. The van der Waals surface area contributed by atoms with E-state index in [-0.39, 0.29) is 0 Å². The van der Waals surface area contributed by atoms with Crippen molar-refractivity contribution in [2.75, 3.05) is 6.54 Å². The molecule has 0 saturated heterocycles. The molecule has 0 aromatic carbocycles. The highest BCUT2D eigenvalue weighted by Crippen LogP contribution is 2.37. The van der Waals surface area contributed by atoms with Crippen LogP contribution in [0, 0.1) is 11.3 Å². The van der Waals surface area contributed by atoms with E-state index in [1.54, 1.807) is 0 Å². The van der Waals surface area contributed by atoms with Crippen molar-refractivity contribution < 1.29 is 0 Å². The van der Waals surface area contributed by atoms with E-state index in [1.807, 2.05) is 0 Å². The molecular formula is C16H31N. The molecule has 0 heterocycles. The Morgan fingerprint density at radius 3 is 2.24 bits per heavy atom. The molecule has 0 aliphatic heterocycles. The summed E-state index contributed by atoms with van der Waals surface area (Å²) >= 11 is 0. The molecule has 1 heteroatoms. The SMILES string of the molecule is C=C(C)CCNC(=C)[C@H](CC)C(C)(C)CCC. The molecule has 0 aliphatic carbocycles. The van der Waals surface area contributed by atoms with Crippen molar-refractivity contribution in [3.8, 4) is 0 Å². The van der Waals surface area contributed by atoms with E-state index in [0.29, 0.717) is 11.3 Å². The second-order valence-electron chi connectivity index (χ2n) is 5.86. The highest BCUT2D eigenvalue weighted by atomic mass is 14.9. The maximum atomic E-state index is 4.23. The average molecular weight is 237 g/mol. The van der Waals surface area contributed by atoms with Crippen LogP contribution in [0.25, 0.3) is 0 Å². The van der Waals surface area contributed by atoms with E-state index in [1.165, 1.54) is 24.1 Å². The van der Waals surface area contributed by atoms with Gasteiger partial charge in [-0.3, -0.25) is 0 Å². The van der Waals surface area contributed by atoms with E-state index in [0.717, 1.165) is 19.4 Å². The summed E-state index contributed by atoms with van der Waals surface area (Å²) in [7, 11) is 0. The van der Waals surface area contributed by atoms with Crippen LogP contribution < -0.4 is 5.32 Å². The smallest absolute Gasteiger partial charge is 0.0180 e. The van der Waals surface area contributed by atoms with Crippen LogP contribution in [-0.2, 0) is 0 Å². The topological polar surface area (TPSA) is 12.0 Å². The molecule has 0 saturated carbocycles. The summed E-state index contributed by atoms with van der Waals surface area (Å²) in [5, 5.41) is 3.47. The largest absolute Gasteiger partial charge is 0.388 e. The summed E-state index contributed by atoms with van der Waals surface area (Å²) in [5.74, 6) is 0.563. The van der Waals surface area contributed by atoms with Gasteiger partial charge >= 0.3 is 0 Å². The predicted octanol–water partition coefficient (Wildman–Crippen LogP) is 4.91. The summed E-state index contributed by atoms with van der Waals surface area (Å²) in [4.78, 5) is 0. The van der Waals surface area contributed by atoms with Gasteiger partial charge in [-0.1, -0.05) is 46.3 Å². The van der Waals surface area contributed by atoms with Gasteiger partial charge in [0.15, 0.2) is 0 Å². The van der Waals surface area contributed by atoms with Gasteiger partial charge in [0.05, 0.1) is 0 Å². The lowest BCUT2D eigenvalue weighted by Gasteiger charge is -2.35. The Hall–Kier alpha value is -0.720. The number of hydrogen-bond acceptors (Lipinski definition) is 1. The highest BCUT2D eigenvalue weighted by Gasteiger charge is 2.29. The summed E-state index contributed by atoms with van der Waals surface area (Å²) in [5.41, 5.74) is 2.77. The Morgan fingerprint density at radius 2 is 1.82 bits per heavy atom. The van der Waals surface area contributed by atoms with Crippen LogP contribution in [-0.4, -0.2) is 6.54 Å². The minimum absolute atomic E-state index is 0.344. The van der Waals surface area contributed by atoms with Crippen molar-refractivity contribution in [3.05, 3.63) is 24.4 Å². The number of allylic oxidation sites excluding steroid dienone is 1. The maximum Gasteiger partial charge on any atom is 0.0180 e. The first-order valence-electron chi connectivity index (χ1n) is 6.92. The van der Waals surface area contributed by atoms with Crippen molar-refractivity contribution in [1.82, 2.24) is 5.32 Å². The van der Waals surface area contributed by atoms with Crippen LogP contribution in [0.3, 0.4) is 0 Å². The number of nitrogens with one attached hydrogen (secondary N) is 1. The maximum absolute atomic E-state index is 4.23. The third-order valence-electron chi connectivity index (χ3n) is 3.57. The molecule has 0 unspecified atom stereocenters. The summed E-state index contributed by atoms with van der Waals surface area (Å²) in [6, 6.07) is 0. The van der Waals surface area contributed by atoms with Gasteiger partial charge in [-0.25, -0.2) is 0 Å². The van der Waals surface area contributed by atoms with Crippen molar-refractivity contribution in [2.24, 2.45) is 11.3 Å². The highest BCUT2D eigenvalue weighted by molar-refractivity contribution is 5.04. The second kappa shape index (κ2) is 7.58. The van der Waals surface area contributed by atoms with E-state index in [9.17, 15) is 0 Å². The molecule has 17 heavy (non-hydrogen) atoms. The molecule has 1 N–H and O–H groups in total. The van der Waals surface area contributed by atoms with Gasteiger partial charge in [0, 0.05) is 18.2 Å². The monoisotopic (exact) mass is 237 g/mol. The quantitative estimate of drug-likeness (QED) is 0.562. The first-order valence-corrected chi connectivity index (χ1v) is 6.92. The fourth-order valence-corrected chi connectivity index (χ4v) is 2.65. The molecule has 1 nitrogen and oxygen atoms in total. The van der Waals surface area contributed by atoms with Gasteiger partial charge in [0.25, 0.3) is 0 Å². The van der Waals surface area contributed by atoms with Gasteiger partial charge in [-0.05, 0) is 31.6 Å². The number of rotatable bonds is 9. The summed E-state index contributed by atoms with van der Waals surface area (Å²) in [6.07, 6.45) is 4.69. The first-order chi connectivity index (χ1) is 7.85. The molecule has 0 aromatic heterocycles. The molecular weight excluding hydrogens is 206 g/mol. The van der Waals surface area contributed by atoms with Crippen LogP contribution in [0.15, 0.2) is 24.4 Å². The van der Waals surface area contributed by atoms with Crippen molar-refractivity contribution >= 4 is 0 Å². The van der Waals surface area contributed by atoms with Crippen molar-refractivity contribution in [3.63, 3.8) is 0 Å². The van der Waals surface area contributed by atoms with Crippen LogP contribution in [0.5, 0.6) is 0 Å². The molecule has 0 spiro atoms. The molecule has 0 fully saturated rings. The zero-order valence-electron chi connectivity index (χ0n) is 12.5. The Balaban J connectivity index is 4.34. The molecule has 0 rings (SSSR count). The Bertz CT molecular complexity index is 250. The molecule has 0 radical (unpaired) electrons. The minimum Gasteiger partial charge on any atom is -0.388 e. The van der Waals surface area contributed by atoms with E-state index >= 15 is 0 Å². The van der Waals surface area contributed by atoms with Crippen LogP contribution >= 0.6 is 0 Å². The molecule has 100 valence electrons.